The Labute approximate surface area is 79.4 Å². The van der Waals surface area contributed by atoms with E-state index in [0.717, 1.165) is 16.9 Å². The Balaban J connectivity index is 4.75. The molecule has 0 aromatic heterocycles. The Kier molecular flexibility index (Phi) is 5.89. The minimum absolute atomic E-state index is 0.132. The second-order valence-electron chi connectivity index (χ2n) is 2.78. The van der Waals surface area contributed by atoms with Crippen molar-refractivity contribution in [3.63, 3.8) is 0 Å². The van der Waals surface area contributed by atoms with E-state index >= 15 is 0 Å². The number of rotatable bonds is 5. The molecular formula is C10H17NO2. The predicted octanol–water partition coefficient (Wildman–Crippen LogP) is 1.89. The summed E-state index contributed by atoms with van der Waals surface area (Å²) >= 11 is 0. The van der Waals surface area contributed by atoms with Crippen LogP contribution in [0.4, 0.5) is 0 Å². The van der Waals surface area contributed by atoms with Gasteiger partial charge >= 0.3 is 0 Å². The fourth-order valence-corrected chi connectivity index (χ4v) is 1.15. The summed E-state index contributed by atoms with van der Waals surface area (Å²) in [6.07, 6.45) is 2.26. The van der Waals surface area contributed by atoms with Crippen molar-refractivity contribution in [3.8, 4) is 0 Å². The van der Waals surface area contributed by atoms with Crippen LogP contribution in [-0.4, -0.2) is 25.5 Å². The van der Waals surface area contributed by atoms with Crippen LogP contribution >= 0.6 is 0 Å². The predicted molar refractivity (Wildman–Crippen MR) is 54.7 cm³/mol. The fraction of sp³-hybridized carbons (Fsp3) is 0.500. The van der Waals surface area contributed by atoms with Gasteiger partial charge in [0.1, 0.15) is 5.76 Å². The highest BCUT2D eigenvalue weighted by molar-refractivity contribution is 5.32. The van der Waals surface area contributed by atoms with Crippen LogP contribution in [-0.2, 0) is 4.74 Å². The van der Waals surface area contributed by atoms with Crippen LogP contribution in [0.25, 0.3) is 0 Å². The summed E-state index contributed by atoms with van der Waals surface area (Å²) in [6, 6.07) is 0. The van der Waals surface area contributed by atoms with Gasteiger partial charge < -0.3 is 9.84 Å². The van der Waals surface area contributed by atoms with E-state index in [1.807, 2.05) is 13.8 Å². The number of aliphatic imine (C=N–C) groups is 1. The topological polar surface area (TPSA) is 41.8 Å². The molecule has 0 heterocycles. The number of hydrogen-bond donors (Lipinski definition) is 1. The van der Waals surface area contributed by atoms with Crippen molar-refractivity contribution < 1.29 is 9.84 Å². The molecule has 0 aliphatic carbocycles. The van der Waals surface area contributed by atoms with E-state index in [0.29, 0.717) is 6.42 Å². The van der Waals surface area contributed by atoms with Crippen molar-refractivity contribution >= 4 is 6.72 Å². The van der Waals surface area contributed by atoms with Gasteiger partial charge in [-0.25, -0.2) is 0 Å². The van der Waals surface area contributed by atoms with E-state index in [9.17, 15) is 0 Å². The van der Waals surface area contributed by atoms with E-state index in [2.05, 4.69) is 11.7 Å². The average molecular weight is 183 g/mol. The highest BCUT2D eigenvalue weighted by atomic mass is 16.5. The zero-order valence-corrected chi connectivity index (χ0v) is 8.50. The smallest absolute Gasteiger partial charge is 0.122 e. The molecular weight excluding hydrogens is 166 g/mol. The van der Waals surface area contributed by atoms with Gasteiger partial charge in [0.2, 0.25) is 0 Å². The summed E-state index contributed by atoms with van der Waals surface area (Å²) in [5, 5.41) is 8.75. The molecule has 0 unspecified atom stereocenters. The fourth-order valence-electron chi connectivity index (χ4n) is 1.15. The quantitative estimate of drug-likeness (QED) is 0.402. The van der Waals surface area contributed by atoms with Gasteiger partial charge in [0.05, 0.1) is 7.11 Å². The Morgan fingerprint density at radius 2 is 2.15 bits per heavy atom. The molecule has 0 saturated heterocycles. The van der Waals surface area contributed by atoms with Crippen molar-refractivity contribution in [3.05, 3.63) is 23.1 Å². The molecule has 1 N–H and O–H groups in total. The van der Waals surface area contributed by atoms with Crippen LogP contribution < -0.4 is 0 Å². The summed E-state index contributed by atoms with van der Waals surface area (Å²) in [5.74, 6) is 0.779. The summed E-state index contributed by atoms with van der Waals surface area (Å²) < 4.78 is 5.19. The maximum Gasteiger partial charge on any atom is 0.122 e. The third-order valence-electron chi connectivity index (χ3n) is 1.72. The molecule has 0 spiro atoms. The van der Waals surface area contributed by atoms with Crippen molar-refractivity contribution in [2.45, 2.75) is 20.3 Å². The van der Waals surface area contributed by atoms with E-state index in [-0.39, 0.29) is 6.61 Å². The number of ether oxygens (including phenoxy) is 1. The van der Waals surface area contributed by atoms with Crippen molar-refractivity contribution in [2.75, 3.05) is 13.7 Å². The molecule has 0 saturated carbocycles. The van der Waals surface area contributed by atoms with Crippen LogP contribution in [0.3, 0.4) is 0 Å². The second kappa shape index (κ2) is 6.43. The van der Waals surface area contributed by atoms with Crippen molar-refractivity contribution in [1.29, 1.82) is 0 Å². The largest absolute Gasteiger partial charge is 0.496 e. The standard InChI is InChI=1S/C10H17NO2/c1-8(5-6-12)10(13-4)9(2)7-11-3/h7,12H,3,5-6H2,1-2,4H3/b9-7-,10-8+. The zero-order valence-electron chi connectivity index (χ0n) is 8.50. The molecule has 0 fully saturated rings. The Morgan fingerprint density at radius 3 is 2.54 bits per heavy atom. The first-order valence-electron chi connectivity index (χ1n) is 4.15. The molecule has 0 aromatic carbocycles. The van der Waals surface area contributed by atoms with E-state index in [1.54, 1.807) is 13.3 Å². The minimum Gasteiger partial charge on any atom is -0.496 e. The molecule has 0 aromatic rings. The number of aliphatic hydroxyl groups excluding tert-OH is 1. The highest BCUT2D eigenvalue weighted by Gasteiger charge is 2.04. The lowest BCUT2D eigenvalue weighted by Gasteiger charge is -2.09. The number of hydrogen-bond acceptors (Lipinski definition) is 3. The normalized spacial score (nSPS) is 13.7. The van der Waals surface area contributed by atoms with Crippen molar-refractivity contribution in [2.24, 2.45) is 4.99 Å². The van der Waals surface area contributed by atoms with E-state index in [4.69, 9.17) is 9.84 Å². The second-order valence-corrected chi connectivity index (χ2v) is 2.78. The highest BCUT2D eigenvalue weighted by Crippen LogP contribution is 2.17. The average Bonchev–Trinajstić information content (AvgIpc) is 2.06. The van der Waals surface area contributed by atoms with Crippen molar-refractivity contribution in [1.82, 2.24) is 0 Å². The molecule has 0 bridgehead atoms. The van der Waals surface area contributed by atoms with Crippen LogP contribution in [0.1, 0.15) is 20.3 Å². The number of nitrogens with zero attached hydrogens (tertiary/aromatic N) is 1. The molecule has 3 nitrogen and oxygen atoms in total. The van der Waals surface area contributed by atoms with Crippen LogP contribution in [0.15, 0.2) is 28.1 Å². The van der Waals surface area contributed by atoms with Gasteiger partial charge in [-0.3, -0.25) is 4.99 Å². The van der Waals surface area contributed by atoms with Gasteiger partial charge in [-0.2, -0.15) is 0 Å². The van der Waals surface area contributed by atoms with E-state index in [1.165, 1.54) is 0 Å². The van der Waals surface area contributed by atoms with Crippen LogP contribution in [0.2, 0.25) is 0 Å². The minimum atomic E-state index is 0.132. The third kappa shape index (κ3) is 3.90. The molecule has 3 heteroatoms. The number of methoxy groups -OCH3 is 1. The lowest BCUT2D eigenvalue weighted by molar-refractivity contribution is 0.277. The maximum atomic E-state index is 8.75. The Hall–Kier alpha value is -1.09. The lowest BCUT2D eigenvalue weighted by Crippen LogP contribution is -1.96. The van der Waals surface area contributed by atoms with Gasteiger partial charge in [0, 0.05) is 18.4 Å². The molecule has 0 atom stereocenters. The summed E-state index contributed by atoms with van der Waals surface area (Å²) in [4.78, 5) is 3.66. The first kappa shape index (κ1) is 11.9. The first-order valence-corrected chi connectivity index (χ1v) is 4.15. The van der Waals surface area contributed by atoms with E-state index < -0.39 is 0 Å². The lowest BCUT2D eigenvalue weighted by atomic mass is 10.1. The van der Waals surface area contributed by atoms with Gasteiger partial charge in [-0.1, -0.05) is 0 Å². The molecule has 0 aliphatic rings. The molecule has 0 radical (unpaired) electrons. The van der Waals surface area contributed by atoms with Gasteiger partial charge in [0.25, 0.3) is 0 Å². The number of aliphatic hydroxyl groups is 1. The molecule has 0 rings (SSSR count). The Bertz CT molecular complexity index is 229. The first-order chi connectivity index (χ1) is 6.17. The zero-order chi connectivity index (χ0) is 10.3. The summed E-state index contributed by atoms with van der Waals surface area (Å²) in [6.45, 7) is 7.32. The molecule has 74 valence electrons. The Morgan fingerprint density at radius 1 is 1.54 bits per heavy atom. The number of allylic oxidation sites excluding steroid dienone is 1. The molecule has 0 aliphatic heterocycles. The molecule has 13 heavy (non-hydrogen) atoms. The SMILES string of the molecule is C=N/C=C(C)\C(OC)=C(\C)CCO. The summed E-state index contributed by atoms with van der Waals surface area (Å²) in [7, 11) is 1.61. The van der Waals surface area contributed by atoms with Crippen LogP contribution in [0.5, 0.6) is 0 Å². The molecule has 0 amide bonds. The monoisotopic (exact) mass is 183 g/mol. The maximum absolute atomic E-state index is 8.75. The van der Waals surface area contributed by atoms with Crippen LogP contribution in [0, 0.1) is 0 Å². The van der Waals surface area contributed by atoms with Gasteiger partial charge in [-0.05, 0) is 32.6 Å². The third-order valence-corrected chi connectivity index (χ3v) is 1.72. The van der Waals surface area contributed by atoms with Gasteiger partial charge in [-0.15, -0.1) is 0 Å². The van der Waals surface area contributed by atoms with Gasteiger partial charge in [0.15, 0.2) is 0 Å². The summed E-state index contributed by atoms with van der Waals surface area (Å²) in [5.41, 5.74) is 1.94.